The van der Waals surface area contributed by atoms with Crippen molar-refractivity contribution < 1.29 is 9.53 Å². The van der Waals surface area contributed by atoms with Crippen LogP contribution in [-0.2, 0) is 17.8 Å². The van der Waals surface area contributed by atoms with Crippen LogP contribution in [0.4, 0.5) is 0 Å². The number of hydrogen-bond acceptors (Lipinski definition) is 4. The number of piperidine rings is 1. The van der Waals surface area contributed by atoms with Gasteiger partial charge in [-0.15, -0.1) is 0 Å². The van der Waals surface area contributed by atoms with E-state index in [1.165, 1.54) is 0 Å². The van der Waals surface area contributed by atoms with Crippen LogP contribution in [0.3, 0.4) is 0 Å². The Hall–Kier alpha value is -2.90. The van der Waals surface area contributed by atoms with Gasteiger partial charge in [-0.1, -0.05) is 24.3 Å². The van der Waals surface area contributed by atoms with E-state index in [2.05, 4.69) is 20.9 Å². The first-order chi connectivity index (χ1) is 15.6. The van der Waals surface area contributed by atoms with Gasteiger partial charge in [-0.05, 0) is 24.5 Å². The van der Waals surface area contributed by atoms with Crippen molar-refractivity contribution in [1.82, 2.24) is 19.4 Å². The molecule has 1 saturated heterocycles. The fourth-order valence-corrected chi connectivity index (χ4v) is 5.40. The third kappa shape index (κ3) is 3.98. The lowest BCUT2D eigenvalue weighted by Gasteiger charge is -2.42. The van der Waals surface area contributed by atoms with E-state index in [0.29, 0.717) is 37.1 Å². The second-order valence-corrected chi connectivity index (χ2v) is 8.96. The first-order valence-corrected chi connectivity index (χ1v) is 11.4. The molecule has 7 heteroatoms. The van der Waals surface area contributed by atoms with Crippen LogP contribution in [0.15, 0.2) is 53.5 Å². The summed E-state index contributed by atoms with van der Waals surface area (Å²) in [6.07, 6.45) is 3.08. The van der Waals surface area contributed by atoms with Gasteiger partial charge in [0, 0.05) is 81.2 Å². The van der Waals surface area contributed by atoms with Gasteiger partial charge in [0.25, 0.3) is 11.5 Å². The number of hydrogen-bond donors (Lipinski definition) is 1. The molecule has 168 valence electrons. The third-order valence-electron chi connectivity index (χ3n) is 6.84. The highest BCUT2D eigenvalue weighted by atomic mass is 16.5. The number of carbonyl (C=O) groups is 1. The summed E-state index contributed by atoms with van der Waals surface area (Å²) in [5, 5.41) is 4.09. The summed E-state index contributed by atoms with van der Waals surface area (Å²) < 4.78 is 9.25. The van der Waals surface area contributed by atoms with Crippen LogP contribution in [0.2, 0.25) is 0 Å². The molecule has 1 N–H and O–H groups in total. The van der Waals surface area contributed by atoms with Gasteiger partial charge in [-0.2, -0.15) is 0 Å². The van der Waals surface area contributed by atoms with E-state index in [0.717, 1.165) is 49.2 Å². The maximum atomic E-state index is 13.0. The average molecular weight is 435 g/mol. The summed E-state index contributed by atoms with van der Waals surface area (Å²) in [4.78, 5) is 27.6. The van der Waals surface area contributed by atoms with Crippen molar-refractivity contribution in [1.29, 1.82) is 0 Å². The zero-order valence-corrected chi connectivity index (χ0v) is 18.5. The highest BCUT2D eigenvalue weighted by Gasteiger charge is 2.34. The summed E-state index contributed by atoms with van der Waals surface area (Å²) in [6, 6.07) is 13.6. The summed E-state index contributed by atoms with van der Waals surface area (Å²) >= 11 is 0. The van der Waals surface area contributed by atoms with Crippen molar-refractivity contribution in [2.75, 3.05) is 39.9 Å². The summed E-state index contributed by atoms with van der Waals surface area (Å²) in [5.74, 6) is 0.855. The van der Waals surface area contributed by atoms with Gasteiger partial charge in [0.15, 0.2) is 0 Å². The number of nitrogens with one attached hydrogen (secondary N) is 1. The SMILES string of the molecule is COCCn1cc(C(=O)NCCN2CC3CC(C2)c2cccc(=O)n2C3)c2ccccc21. The molecule has 2 aliphatic rings. The fourth-order valence-electron chi connectivity index (χ4n) is 5.40. The van der Waals surface area contributed by atoms with Gasteiger partial charge in [0.2, 0.25) is 0 Å². The molecule has 2 atom stereocenters. The monoisotopic (exact) mass is 434 g/mol. The Labute approximate surface area is 187 Å². The van der Waals surface area contributed by atoms with Crippen LogP contribution < -0.4 is 10.9 Å². The van der Waals surface area contributed by atoms with Crippen molar-refractivity contribution in [3.8, 4) is 0 Å². The summed E-state index contributed by atoms with van der Waals surface area (Å²) in [7, 11) is 1.69. The Bertz CT molecular complexity index is 1180. The van der Waals surface area contributed by atoms with Gasteiger partial charge in [0.1, 0.15) is 0 Å². The van der Waals surface area contributed by atoms with Gasteiger partial charge in [-0.25, -0.2) is 0 Å². The minimum absolute atomic E-state index is 0.0357. The molecule has 0 aliphatic carbocycles. The molecule has 2 unspecified atom stereocenters. The third-order valence-corrected chi connectivity index (χ3v) is 6.84. The van der Waals surface area contributed by atoms with E-state index in [-0.39, 0.29) is 11.5 Å². The lowest BCUT2D eigenvalue weighted by Crippen LogP contribution is -2.48. The maximum Gasteiger partial charge on any atom is 0.253 e. The molecule has 4 heterocycles. The number of likely N-dealkylation sites (tertiary alicyclic amines) is 1. The molecule has 0 radical (unpaired) electrons. The molecule has 32 heavy (non-hydrogen) atoms. The molecule has 0 saturated carbocycles. The topological polar surface area (TPSA) is 68.5 Å². The Morgan fingerprint density at radius 3 is 2.84 bits per heavy atom. The number of aromatic nitrogens is 2. The smallest absolute Gasteiger partial charge is 0.253 e. The highest BCUT2D eigenvalue weighted by Crippen LogP contribution is 2.34. The van der Waals surface area contributed by atoms with Crippen LogP contribution in [0.1, 0.15) is 28.4 Å². The normalized spacial score (nSPS) is 20.3. The van der Waals surface area contributed by atoms with E-state index in [1.807, 2.05) is 41.1 Å². The molecule has 3 aromatic rings. The van der Waals surface area contributed by atoms with Crippen molar-refractivity contribution in [2.24, 2.45) is 5.92 Å². The zero-order chi connectivity index (χ0) is 22.1. The first-order valence-electron chi connectivity index (χ1n) is 11.4. The molecular weight excluding hydrogens is 404 g/mol. The molecule has 1 fully saturated rings. The number of carbonyl (C=O) groups excluding carboxylic acids is 1. The van der Waals surface area contributed by atoms with E-state index in [9.17, 15) is 9.59 Å². The molecule has 2 aromatic heterocycles. The number of fused-ring (bicyclic) bond motifs is 5. The molecule has 1 aromatic carbocycles. The second kappa shape index (κ2) is 8.92. The number of nitrogens with zero attached hydrogens (tertiary/aromatic N) is 3. The largest absolute Gasteiger partial charge is 0.383 e. The van der Waals surface area contributed by atoms with Gasteiger partial charge in [0.05, 0.1) is 12.2 Å². The first kappa shape index (κ1) is 21.0. The van der Waals surface area contributed by atoms with Crippen molar-refractivity contribution >= 4 is 16.8 Å². The lowest BCUT2D eigenvalue weighted by atomic mass is 9.83. The lowest BCUT2D eigenvalue weighted by molar-refractivity contribution is 0.0928. The minimum atomic E-state index is -0.0357. The van der Waals surface area contributed by atoms with Gasteiger partial charge in [-0.3, -0.25) is 9.59 Å². The Kier molecular flexibility index (Phi) is 5.85. The molecule has 7 nitrogen and oxygen atoms in total. The predicted molar refractivity (Wildman–Crippen MR) is 124 cm³/mol. The number of methoxy groups -OCH3 is 1. The number of amides is 1. The number of rotatable bonds is 7. The number of para-hydroxylation sites is 1. The molecular formula is C25H30N4O3. The van der Waals surface area contributed by atoms with E-state index >= 15 is 0 Å². The van der Waals surface area contributed by atoms with E-state index in [1.54, 1.807) is 13.2 Å². The average Bonchev–Trinajstić information content (AvgIpc) is 3.17. The van der Waals surface area contributed by atoms with Crippen LogP contribution in [0, 0.1) is 5.92 Å². The highest BCUT2D eigenvalue weighted by molar-refractivity contribution is 6.07. The van der Waals surface area contributed by atoms with Crippen LogP contribution >= 0.6 is 0 Å². The van der Waals surface area contributed by atoms with Gasteiger partial charge >= 0.3 is 0 Å². The van der Waals surface area contributed by atoms with Crippen molar-refractivity contribution in [3.63, 3.8) is 0 Å². The van der Waals surface area contributed by atoms with Crippen LogP contribution in [0.5, 0.6) is 0 Å². The molecule has 0 spiro atoms. The molecule has 2 bridgehead atoms. The Morgan fingerprint density at radius 2 is 1.97 bits per heavy atom. The molecule has 2 aliphatic heterocycles. The van der Waals surface area contributed by atoms with Crippen molar-refractivity contribution in [2.45, 2.75) is 25.4 Å². The van der Waals surface area contributed by atoms with E-state index < -0.39 is 0 Å². The van der Waals surface area contributed by atoms with Crippen molar-refractivity contribution in [3.05, 3.63) is 70.3 Å². The number of pyridine rings is 1. The van der Waals surface area contributed by atoms with Crippen LogP contribution in [-0.4, -0.2) is 59.8 Å². The minimum Gasteiger partial charge on any atom is -0.383 e. The Balaban J connectivity index is 1.22. The predicted octanol–water partition coefficient (Wildman–Crippen LogP) is 2.30. The quantitative estimate of drug-likeness (QED) is 0.620. The summed E-state index contributed by atoms with van der Waals surface area (Å²) in [6.45, 7) is 5.46. The van der Waals surface area contributed by atoms with E-state index in [4.69, 9.17) is 4.74 Å². The standard InChI is InChI=1S/C25H30N4O3/c1-32-12-11-28-17-21(20-5-2-3-6-23(20)28)25(31)26-9-10-27-14-18-13-19(16-27)22-7-4-8-24(30)29(22)15-18/h2-8,17-19H,9-16H2,1H3,(H,26,31). The molecule has 5 rings (SSSR count). The zero-order valence-electron chi connectivity index (χ0n) is 18.5. The van der Waals surface area contributed by atoms with Gasteiger partial charge < -0.3 is 24.1 Å². The molecule has 1 amide bonds. The second-order valence-electron chi connectivity index (χ2n) is 8.96. The van der Waals surface area contributed by atoms with Crippen LogP contribution in [0.25, 0.3) is 10.9 Å². The Morgan fingerprint density at radius 1 is 1.09 bits per heavy atom. The summed E-state index contributed by atoms with van der Waals surface area (Å²) in [5.41, 5.74) is 3.03. The fraction of sp³-hybridized carbons (Fsp3) is 0.440. The number of benzene rings is 1. The number of ether oxygens (including phenoxy) is 1. The maximum absolute atomic E-state index is 13.0.